The van der Waals surface area contributed by atoms with Crippen LogP contribution in [0.4, 0.5) is 0 Å². The zero-order valence-corrected chi connectivity index (χ0v) is 20.2. The maximum Gasteiger partial charge on any atom is 0.307 e. The van der Waals surface area contributed by atoms with E-state index in [1.54, 1.807) is 25.6 Å². The van der Waals surface area contributed by atoms with Crippen molar-refractivity contribution in [3.8, 4) is 11.5 Å². The monoisotopic (exact) mass is 468 g/mol. The highest BCUT2D eigenvalue weighted by molar-refractivity contribution is 7.07. The quantitative estimate of drug-likeness (QED) is 0.361. The predicted octanol–water partition coefficient (Wildman–Crippen LogP) is 5.62. The van der Waals surface area contributed by atoms with E-state index >= 15 is 0 Å². The van der Waals surface area contributed by atoms with Gasteiger partial charge in [0.2, 0.25) is 0 Å². The number of benzene rings is 2. The maximum absolute atomic E-state index is 11.4. The summed E-state index contributed by atoms with van der Waals surface area (Å²) in [5, 5.41) is 24.7. The first-order valence-electron chi connectivity index (χ1n) is 11.1. The SMILES string of the molecule is COc1cc(C(O)C(CCCc2ccsc2)Cc2ccc(CC(=O)O)cc2)cc(OC)c1C. The minimum absolute atomic E-state index is 0.00826. The smallest absolute Gasteiger partial charge is 0.307 e. The molecule has 2 aromatic carbocycles. The van der Waals surface area contributed by atoms with Crippen LogP contribution >= 0.6 is 11.3 Å². The number of methoxy groups -OCH3 is 2. The van der Waals surface area contributed by atoms with Crippen LogP contribution in [-0.2, 0) is 24.1 Å². The van der Waals surface area contributed by atoms with E-state index in [1.165, 1.54) is 5.56 Å². The summed E-state index contributed by atoms with van der Waals surface area (Å²) < 4.78 is 11.0. The van der Waals surface area contributed by atoms with Gasteiger partial charge in [-0.1, -0.05) is 24.3 Å². The number of carbonyl (C=O) groups is 1. The van der Waals surface area contributed by atoms with Crippen LogP contribution in [0.5, 0.6) is 11.5 Å². The molecule has 0 amide bonds. The summed E-state index contributed by atoms with van der Waals surface area (Å²) in [5.41, 5.74) is 4.85. The van der Waals surface area contributed by atoms with E-state index < -0.39 is 12.1 Å². The molecule has 5 nitrogen and oxygen atoms in total. The normalized spacial score (nSPS) is 12.8. The Balaban J connectivity index is 1.81. The summed E-state index contributed by atoms with van der Waals surface area (Å²) in [5.74, 6) is 0.537. The summed E-state index contributed by atoms with van der Waals surface area (Å²) in [4.78, 5) is 11.0. The number of carboxylic acids is 1. The molecule has 0 saturated carbocycles. The minimum Gasteiger partial charge on any atom is -0.496 e. The van der Waals surface area contributed by atoms with Crippen LogP contribution in [0.15, 0.2) is 53.2 Å². The van der Waals surface area contributed by atoms with Crippen molar-refractivity contribution in [3.05, 3.63) is 81.0 Å². The van der Waals surface area contributed by atoms with Crippen molar-refractivity contribution in [2.24, 2.45) is 5.92 Å². The molecule has 0 spiro atoms. The zero-order chi connectivity index (χ0) is 23.8. The third-order valence-electron chi connectivity index (χ3n) is 6.06. The lowest BCUT2D eigenvalue weighted by atomic mass is 9.85. The Morgan fingerprint density at radius 1 is 1.00 bits per heavy atom. The summed E-state index contributed by atoms with van der Waals surface area (Å²) in [6.07, 6.45) is 2.81. The Morgan fingerprint density at radius 3 is 2.18 bits per heavy atom. The average Bonchev–Trinajstić information content (AvgIpc) is 3.32. The summed E-state index contributed by atoms with van der Waals surface area (Å²) in [6, 6.07) is 13.6. The average molecular weight is 469 g/mol. The molecular weight excluding hydrogens is 436 g/mol. The molecule has 1 heterocycles. The molecule has 0 bridgehead atoms. The van der Waals surface area contributed by atoms with E-state index in [0.717, 1.165) is 41.5 Å². The highest BCUT2D eigenvalue weighted by Crippen LogP contribution is 2.36. The van der Waals surface area contributed by atoms with Gasteiger partial charge < -0.3 is 19.7 Å². The van der Waals surface area contributed by atoms with E-state index in [-0.39, 0.29) is 12.3 Å². The number of aliphatic hydroxyl groups is 1. The van der Waals surface area contributed by atoms with Gasteiger partial charge in [0.25, 0.3) is 0 Å². The summed E-state index contributed by atoms with van der Waals surface area (Å²) >= 11 is 1.70. The molecule has 2 atom stereocenters. The minimum atomic E-state index is -0.841. The standard InChI is InChI=1S/C27H32O5S/c1-18-24(31-2)15-23(16-25(18)32-3)27(30)22(6-4-5-21-11-12-33-17-21)13-19-7-9-20(10-8-19)14-26(28)29/h7-12,15-17,22,27,30H,4-6,13-14H2,1-3H3,(H,28,29). The molecule has 1 aromatic heterocycles. The number of ether oxygens (including phenoxy) is 2. The number of thiophene rings is 1. The molecule has 176 valence electrons. The lowest BCUT2D eigenvalue weighted by Gasteiger charge is -2.25. The number of hydrogen-bond donors (Lipinski definition) is 2. The molecule has 0 aliphatic rings. The molecule has 2 unspecified atom stereocenters. The van der Waals surface area contributed by atoms with E-state index in [2.05, 4.69) is 16.8 Å². The van der Waals surface area contributed by atoms with Crippen LogP contribution in [0.2, 0.25) is 0 Å². The first-order valence-corrected chi connectivity index (χ1v) is 12.1. The molecule has 3 rings (SSSR count). The molecule has 0 saturated heterocycles. The highest BCUT2D eigenvalue weighted by atomic mass is 32.1. The third kappa shape index (κ3) is 6.83. The van der Waals surface area contributed by atoms with Crippen molar-refractivity contribution >= 4 is 17.3 Å². The van der Waals surface area contributed by atoms with Crippen molar-refractivity contribution in [2.75, 3.05) is 14.2 Å². The van der Waals surface area contributed by atoms with E-state index in [1.807, 2.05) is 43.3 Å². The molecule has 0 aliphatic heterocycles. The Morgan fingerprint density at radius 2 is 1.64 bits per heavy atom. The van der Waals surface area contributed by atoms with Gasteiger partial charge in [0.05, 0.1) is 26.7 Å². The van der Waals surface area contributed by atoms with Gasteiger partial charge >= 0.3 is 5.97 Å². The molecular formula is C27H32O5S. The van der Waals surface area contributed by atoms with Crippen LogP contribution in [0.25, 0.3) is 0 Å². The molecule has 6 heteroatoms. The van der Waals surface area contributed by atoms with Crippen molar-refractivity contribution in [3.63, 3.8) is 0 Å². The summed E-state index contributed by atoms with van der Waals surface area (Å²) in [6.45, 7) is 1.94. The second-order valence-corrected chi connectivity index (χ2v) is 9.15. The van der Waals surface area contributed by atoms with Crippen molar-refractivity contribution in [1.82, 2.24) is 0 Å². The van der Waals surface area contributed by atoms with Gasteiger partial charge in [0, 0.05) is 5.56 Å². The Hall–Kier alpha value is -2.83. The van der Waals surface area contributed by atoms with Crippen molar-refractivity contribution < 1.29 is 24.5 Å². The Kier molecular flexibility index (Phi) is 8.92. The maximum atomic E-state index is 11.4. The van der Waals surface area contributed by atoms with Gasteiger partial charge in [-0.15, -0.1) is 0 Å². The number of carboxylic acid groups (broad SMARTS) is 1. The van der Waals surface area contributed by atoms with Crippen molar-refractivity contribution in [2.45, 2.75) is 45.1 Å². The van der Waals surface area contributed by atoms with E-state index in [4.69, 9.17) is 14.6 Å². The first kappa shape index (κ1) is 24.8. The number of hydrogen-bond acceptors (Lipinski definition) is 5. The highest BCUT2D eigenvalue weighted by Gasteiger charge is 2.24. The van der Waals surface area contributed by atoms with Gasteiger partial charge in [0.1, 0.15) is 11.5 Å². The number of aryl methyl sites for hydroxylation is 1. The van der Waals surface area contributed by atoms with Gasteiger partial charge in [-0.2, -0.15) is 11.3 Å². The lowest BCUT2D eigenvalue weighted by molar-refractivity contribution is -0.136. The van der Waals surface area contributed by atoms with E-state index in [9.17, 15) is 9.90 Å². The van der Waals surface area contributed by atoms with E-state index in [0.29, 0.717) is 17.9 Å². The van der Waals surface area contributed by atoms with Crippen LogP contribution < -0.4 is 9.47 Å². The molecule has 2 N–H and O–H groups in total. The number of aliphatic hydroxyl groups excluding tert-OH is 1. The van der Waals surface area contributed by atoms with Gasteiger partial charge in [-0.3, -0.25) is 4.79 Å². The Labute approximate surface area is 199 Å². The van der Waals surface area contributed by atoms with Crippen LogP contribution in [-0.4, -0.2) is 30.4 Å². The second kappa shape index (κ2) is 11.9. The fourth-order valence-electron chi connectivity index (χ4n) is 4.19. The molecule has 0 radical (unpaired) electrons. The first-order chi connectivity index (χ1) is 15.9. The Bertz CT molecular complexity index is 1000. The predicted molar refractivity (Wildman–Crippen MR) is 131 cm³/mol. The molecule has 0 aliphatic carbocycles. The molecule has 33 heavy (non-hydrogen) atoms. The van der Waals surface area contributed by atoms with Crippen molar-refractivity contribution in [1.29, 1.82) is 0 Å². The zero-order valence-electron chi connectivity index (χ0n) is 19.4. The summed E-state index contributed by atoms with van der Waals surface area (Å²) in [7, 11) is 3.24. The lowest BCUT2D eigenvalue weighted by Crippen LogP contribution is -2.16. The fraction of sp³-hybridized carbons (Fsp3) is 0.370. The largest absolute Gasteiger partial charge is 0.496 e. The third-order valence-corrected chi connectivity index (χ3v) is 6.79. The van der Waals surface area contributed by atoms with Crippen LogP contribution in [0.3, 0.4) is 0 Å². The van der Waals surface area contributed by atoms with Gasteiger partial charge in [-0.05, 0) is 89.7 Å². The fourth-order valence-corrected chi connectivity index (χ4v) is 4.90. The number of aliphatic carboxylic acids is 1. The topological polar surface area (TPSA) is 76.0 Å². The van der Waals surface area contributed by atoms with Crippen LogP contribution in [0.1, 0.15) is 46.8 Å². The van der Waals surface area contributed by atoms with Gasteiger partial charge in [-0.25, -0.2) is 0 Å². The molecule has 3 aromatic rings. The molecule has 0 fully saturated rings. The number of rotatable bonds is 12. The second-order valence-electron chi connectivity index (χ2n) is 8.37. The van der Waals surface area contributed by atoms with Gasteiger partial charge in [0.15, 0.2) is 0 Å². The van der Waals surface area contributed by atoms with Crippen LogP contribution in [0, 0.1) is 12.8 Å².